The number of benzene rings is 2. The Labute approximate surface area is 196 Å². The van der Waals surface area contributed by atoms with Gasteiger partial charge in [-0.1, -0.05) is 24.3 Å². The van der Waals surface area contributed by atoms with E-state index in [0.29, 0.717) is 23.8 Å². The minimum absolute atomic E-state index is 0.0468. The summed E-state index contributed by atoms with van der Waals surface area (Å²) in [7, 11) is 3.50. The summed E-state index contributed by atoms with van der Waals surface area (Å²) in [5.41, 5.74) is 2.04. The molecule has 172 valence electrons. The predicted molar refractivity (Wildman–Crippen MR) is 130 cm³/mol. The lowest BCUT2D eigenvalue weighted by Crippen LogP contribution is -2.38. The third-order valence-corrected chi connectivity index (χ3v) is 7.00. The molecule has 6 heteroatoms. The van der Waals surface area contributed by atoms with Crippen molar-refractivity contribution in [2.24, 2.45) is 5.92 Å². The van der Waals surface area contributed by atoms with E-state index >= 15 is 0 Å². The maximum atomic E-state index is 13.2. The largest absolute Gasteiger partial charge is 0.494 e. The topological polar surface area (TPSA) is 49.9 Å². The van der Waals surface area contributed by atoms with Gasteiger partial charge in [0, 0.05) is 32.1 Å². The van der Waals surface area contributed by atoms with Crippen molar-refractivity contribution in [1.82, 2.24) is 9.80 Å². The van der Waals surface area contributed by atoms with Gasteiger partial charge in [-0.3, -0.25) is 9.59 Å². The highest BCUT2D eigenvalue weighted by Crippen LogP contribution is 2.28. The number of carbonyl (C=O) groups excluding carboxylic acids is 2. The Morgan fingerprint density at radius 2 is 1.75 bits per heavy atom. The van der Waals surface area contributed by atoms with Crippen LogP contribution >= 0.6 is 11.8 Å². The van der Waals surface area contributed by atoms with Crippen molar-refractivity contribution < 1.29 is 14.3 Å². The molecule has 3 rings (SSSR count). The second-order valence-corrected chi connectivity index (χ2v) is 9.44. The van der Waals surface area contributed by atoms with Crippen LogP contribution in [0.25, 0.3) is 0 Å². The van der Waals surface area contributed by atoms with Crippen molar-refractivity contribution >= 4 is 23.6 Å². The Hall–Kier alpha value is -2.47. The molecular formula is C26H34N2O3S. The van der Waals surface area contributed by atoms with Gasteiger partial charge in [-0.15, -0.1) is 11.8 Å². The zero-order chi connectivity index (χ0) is 22.9. The average Bonchev–Trinajstić information content (AvgIpc) is 2.82. The zero-order valence-electron chi connectivity index (χ0n) is 19.4. The molecule has 0 radical (unpaired) electrons. The van der Waals surface area contributed by atoms with Crippen molar-refractivity contribution in [2.75, 3.05) is 39.5 Å². The fraction of sp³-hybridized carbons (Fsp3) is 0.462. The number of thioether (sulfide) groups is 1. The third kappa shape index (κ3) is 6.76. The molecule has 5 nitrogen and oxygen atoms in total. The predicted octanol–water partition coefficient (Wildman–Crippen LogP) is 4.75. The van der Waals surface area contributed by atoms with Crippen LogP contribution in [0.15, 0.2) is 53.4 Å². The first-order valence-electron chi connectivity index (χ1n) is 11.4. The van der Waals surface area contributed by atoms with Crippen LogP contribution in [0.2, 0.25) is 0 Å². The average molecular weight is 455 g/mol. The number of amides is 2. The Morgan fingerprint density at radius 3 is 2.41 bits per heavy atom. The fourth-order valence-corrected chi connectivity index (χ4v) is 4.95. The van der Waals surface area contributed by atoms with Crippen LogP contribution in [0.5, 0.6) is 5.75 Å². The highest BCUT2D eigenvalue weighted by atomic mass is 32.2. The number of likely N-dealkylation sites (tertiary alicyclic amines) is 1. The molecule has 1 saturated heterocycles. The molecule has 0 bridgehead atoms. The summed E-state index contributed by atoms with van der Waals surface area (Å²) in [6, 6.07) is 16.0. The SMILES string of the molecule is CCOc1ccc(CCC2CCN(C(=O)c3ccccc3SCC(=O)N(C)C)CC2)cc1. The smallest absolute Gasteiger partial charge is 0.254 e. The van der Waals surface area contributed by atoms with E-state index in [-0.39, 0.29) is 11.8 Å². The van der Waals surface area contributed by atoms with E-state index in [4.69, 9.17) is 4.74 Å². The molecule has 0 spiro atoms. The highest BCUT2D eigenvalue weighted by molar-refractivity contribution is 8.00. The van der Waals surface area contributed by atoms with Gasteiger partial charge in [-0.25, -0.2) is 0 Å². The molecule has 1 fully saturated rings. The molecule has 1 heterocycles. The van der Waals surface area contributed by atoms with Gasteiger partial charge < -0.3 is 14.5 Å². The molecule has 0 aromatic heterocycles. The summed E-state index contributed by atoms with van der Waals surface area (Å²) >= 11 is 1.44. The van der Waals surface area contributed by atoms with Gasteiger partial charge >= 0.3 is 0 Å². The summed E-state index contributed by atoms with van der Waals surface area (Å²) in [5.74, 6) is 2.03. The molecule has 0 atom stereocenters. The van der Waals surface area contributed by atoms with Crippen LogP contribution in [0, 0.1) is 5.92 Å². The van der Waals surface area contributed by atoms with Gasteiger partial charge in [0.15, 0.2) is 0 Å². The lowest BCUT2D eigenvalue weighted by molar-refractivity contribution is -0.125. The molecule has 1 aliphatic heterocycles. The van der Waals surface area contributed by atoms with Gasteiger partial charge in [-0.2, -0.15) is 0 Å². The lowest BCUT2D eigenvalue weighted by Gasteiger charge is -2.32. The van der Waals surface area contributed by atoms with E-state index in [0.717, 1.165) is 49.4 Å². The maximum Gasteiger partial charge on any atom is 0.254 e. The number of hydrogen-bond acceptors (Lipinski definition) is 4. The summed E-state index contributed by atoms with van der Waals surface area (Å²) in [6.07, 6.45) is 4.29. The maximum absolute atomic E-state index is 13.2. The van der Waals surface area contributed by atoms with E-state index < -0.39 is 0 Å². The molecule has 0 unspecified atom stereocenters. The minimum atomic E-state index is 0.0468. The quantitative estimate of drug-likeness (QED) is 0.513. The fourth-order valence-electron chi connectivity index (χ4n) is 3.92. The first-order valence-corrected chi connectivity index (χ1v) is 12.4. The monoisotopic (exact) mass is 454 g/mol. The first-order chi connectivity index (χ1) is 15.5. The highest BCUT2D eigenvalue weighted by Gasteiger charge is 2.25. The van der Waals surface area contributed by atoms with Crippen LogP contribution in [0.1, 0.15) is 42.1 Å². The number of hydrogen-bond donors (Lipinski definition) is 0. The Balaban J connectivity index is 1.49. The molecule has 1 aliphatic rings. The van der Waals surface area contributed by atoms with Gasteiger partial charge in [-0.05, 0) is 68.4 Å². The van der Waals surface area contributed by atoms with Crippen molar-refractivity contribution in [1.29, 1.82) is 0 Å². The van der Waals surface area contributed by atoms with E-state index in [1.807, 2.05) is 48.2 Å². The van der Waals surface area contributed by atoms with E-state index in [1.54, 1.807) is 19.0 Å². The molecule has 2 aromatic rings. The number of nitrogens with zero attached hydrogens (tertiary/aromatic N) is 2. The van der Waals surface area contributed by atoms with Crippen molar-refractivity contribution in [3.05, 3.63) is 59.7 Å². The Bertz CT molecular complexity index is 890. The number of ether oxygens (including phenoxy) is 1. The van der Waals surface area contributed by atoms with Crippen LogP contribution in [0.3, 0.4) is 0 Å². The number of aryl methyl sites for hydroxylation is 1. The van der Waals surface area contributed by atoms with Crippen LogP contribution in [-0.2, 0) is 11.2 Å². The van der Waals surface area contributed by atoms with Gasteiger partial charge in [0.2, 0.25) is 5.91 Å². The molecule has 0 N–H and O–H groups in total. The molecule has 32 heavy (non-hydrogen) atoms. The number of rotatable bonds is 9. The molecule has 2 amide bonds. The standard InChI is InChI=1S/C26H34N2O3S/c1-4-31-22-13-11-20(12-14-22)9-10-21-15-17-28(18-16-21)26(30)23-7-5-6-8-24(23)32-19-25(29)27(2)3/h5-8,11-14,21H,4,9-10,15-19H2,1-3H3. The van der Waals surface area contributed by atoms with Crippen LogP contribution in [0.4, 0.5) is 0 Å². The first kappa shape index (κ1) is 24.2. The summed E-state index contributed by atoms with van der Waals surface area (Å²) in [6.45, 7) is 4.27. The summed E-state index contributed by atoms with van der Waals surface area (Å²) < 4.78 is 5.51. The molecular weight excluding hydrogens is 420 g/mol. The lowest BCUT2D eigenvalue weighted by atomic mass is 9.90. The van der Waals surface area contributed by atoms with Crippen molar-refractivity contribution in [3.8, 4) is 5.75 Å². The van der Waals surface area contributed by atoms with Crippen molar-refractivity contribution in [2.45, 2.75) is 37.5 Å². The van der Waals surface area contributed by atoms with Crippen LogP contribution in [-0.4, -0.2) is 61.2 Å². The second kappa shape index (κ2) is 12.0. The summed E-state index contributed by atoms with van der Waals surface area (Å²) in [5, 5.41) is 0. The van der Waals surface area contributed by atoms with Crippen molar-refractivity contribution in [3.63, 3.8) is 0 Å². The van der Waals surface area contributed by atoms with Crippen LogP contribution < -0.4 is 4.74 Å². The minimum Gasteiger partial charge on any atom is -0.494 e. The van der Waals surface area contributed by atoms with Gasteiger partial charge in [0.05, 0.1) is 17.9 Å². The van der Waals surface area contributed by atoms with Gasteiger partial charge in [0.1, 0.15) is 5.75 Å². The molecule has 2 aromatic carbocycles. The second-order valence-electron chi connectivity index (χ2n) is 8.42. The Kier molecular flexibility index (Phi) is 9.03. The molecule has 0 aliphatic carbocycles. The van der Waals surface area contributed by atoms with E-state index in [1.165, 1.54) is 17.3 Å². The summed E-state index contributed by atoms with van der Waals surface area (Å²) in [4.78, 5) is 29.6. The number of carbonyl (C=O) groups is 2. The zero-order valence-corrected chi connectivity index (χ0v) is 20.2. The molecule has 0 saturated carbocycles. The normalized spacial score (nSPS) is 14.3. The Morgan fingerprint density at radius 1 is 1.06 bits per heavy atom. The van der Waals surface area contributed by atoms with E-state index in [2.05, 4.69) is 12.1 Å². The van der Waals surface area contributed by atoms with Gasteiger partial charge in [0.25, 0.3) is 5.91 Å². The van der Waals surface area contributed by atoms with E-state index in [9.17, 15) is 9.59 Å². The number of piperidine rings is 1. The third-order valence-electron chi connectivity index (χ3n) is 5.94.